The number of carbonyl (C=O) groups excluding carboxylic acids is 1. The van der Waals surface area contributed by atoms with Gasteiger partial charge in [0.25, 0.3) is 5.91 Å². The van der Waals surface area contributed by atoms with Crippen molar-refractivity contribution in [1.82, 2.24) is 10.3 Å². The minimum absolute atomic E-state index is 0.183. The molecule has 0 atom stereocenters. The molecule has 0 bridgehead atoms. The molecule has 0 aliphatic heterocycles. The molecular weight excluding hydrogens is 281 g/mol. The van der Waals surface area contributed by atoms with E-state index in [1.165, 1.54) is 24.4 Å². The lowest BCUT2D eigenvalue weighted by Gasteiger charge is -2.06. The highest BCUT2D eigenvalue weighted by Crippen LogP contribution is 2.16. The average Bonchev–Trinajstić information content (AvgIpc) is 2.42. The third-order valence-corrected chi connectivity index (χ3v) is 3.02. The molecule has 0 spiro atoms. The van der Waals surface area contributed by atoms with Crippen molar-refractivity contribution in [3.63, 3.8) is 0 Å². The Morgan fingerprint density at radius 1 is 1.40 bits per heavy atom. The van der Waals surface area contributed by atoms with Crippen molar-refractivity contribution >= 4 is 23.3 Å². The maximum absolute atomic E-state index is 13.0. The Labute approximate surface area is 120 Å². The van der Waals surface area contributed by atoms with Crippen molar-refractivity contribution < 1.29 is 9.18 Å². The van der Waals surface area contributed by atoms with Gasteiger partial charge >= 0.3 is 0 Å². The third-order valence-electron chi connectivity index (χ3n) is 2.72. The first-order valence-corrected chi connectivity index (χ1v) is 6.38. The van der Waals surface area contributed by atoms with Gasteiger partial charge in [-0.25, -0.2) is 9.37 Å². The molecule has 0 saturated carbocycles. The molecule has 4 nitrogen and oxygen atoms in total. The molecule has 0 unspecified atom stereocenters. The van der Waals surface area contributed by atoms with Gasteiger partial charge in [-0.1, -0.05) is 23.7 Å². The highest BCUT2D eigenvalue weighted by Gasteiger charge is 2.08. The predicted octanol–water partition coefficient (Wildman–Crippen LogP) is 2.43. The summed E-state index contributed by atoms with van der Waals surface area (Å²) in [6, 6.07) is 7.71. The zero-order valence-corrected chi connectivity index (χ0v) is 11.3. The fourth-order valence-electron chi connectivity index (χ4n) is 1.69. The summed E-state index contributed by atoms with van der Waals surface area (Å²) < 4.78 is 13.0. The maximum Gasteiger partial charge on any atom is 0.252 e. The van der Waals surface area contributed by atoms with Crippen molar-refractivity contribution in [2.45, 2.75) is 6.42 Å². The highest BCUT2D eigenvalue weighted by molar-refractivity contribution is 6.33. The maximum atomic E-state index is 13.0. The second-order valence-electron chi connectivity index (χ2n) is 4.23. The number of nitrogen functional groups attached to an aromatic ring is 1. The van der Waals surface area contributed by atoms with E-state index in [4.69, 9.17) is 17.3 Å². The minimum Gasteiger partial charge on any atom is -0.382 e. The zero-order valence-electron chi connectivity index (χ0n) is 10.6. The molecule has 0 aliphatic carbocycles. The van der Waals surface area contributed by atoms with Crippen molar-refractivity contribution in [1.29, 1.82) is 0 Å². The Bertz CT molecular complexity index is 634. The summed E-state index contributed by atoms with van der Waals surface area (Å²) in [5, 5.41) is 2.95. The van der Waals surface area contributed by atoms with Crippen molar-refractivity contribution in [2.24, 2.45) is 0 Å². The van der Waals surface area contributed by atoms with Gasteiger partial charge in [-0.3, -0.25) is 4.79 Å². The zero-order chi connectivity index (χ0) is 14.5. The summed E-state index contributed by atoms with van der Waals surface area (Å²) in [5.41, 5.74) is 6.62. The molecule has 1 aromatic heterocycles. The van der Waals surface area contributed by atoms with Gasteiger partial charge in [0, 0.05) is 12.7 Å². The van der Waals surface area contributed by atoms with Crippen LogP contribution in [0.2, 0.25) is 5.02 Å². The van der Waals surface area contributed by atoms with Gasteiger partial charge in [-0.05, 0) is 30.2 Å². The average molecular weight is 294 g/mol. The number of nitrogens with zero attached hydrogens (tertiary/aromatic N) is 1. The largest absolute Gasteiger partial charge is 0.382 e. The lowest BCUT2D eigenvalue weighted by Crippen LogP contribution is -2.25. The quantitative estimate of drug-likeness (QED) is 0.910. The van der Waals surface area contributed by atoms with Crippen LogP contribution in [0.15, 0.2) is 36.5 Å². The molecule has 6 heteroatoms. The molecule has 104 valence electrons. The van der Waals surface area contributed by atoms with Crippen LogP contribution in [0.5, 0.6) is 0 Å². The van der Waals surface area contributed by atoms with Crippen LogP contribution in [0.25, 0.3) is 0 Å². The van der Waals surface area contributed by atoms with Gasteiger partial charge in [-0.15, -0.1) is 0 Å². The molecular formula is C14H13ClFN3O. The Morgan fingerprint density at radius 3 is 2.90 bits per heavy atom. The first kappa shape index (κ1) is 14.3. The van der Waals surface area contributed by atoms with Crippen LogP contribution in [0.3, 0.4) is 0 Å². The molecule has 0 fully saturated rings. The monoisotopic (exact) mass is 293 g/mol. The number of aromatic nitrogens is 1. The fraction of sp³-hybridized carbons (Fsp3) is 0.143. The summed E-state index contributed by atoms with van der Waals surface area (Å²) in [6.07, 6.45) is 1.90. The Hall–Kier alpha value is -2.14. The predicted molar refractivity (Wildman–Crippen MR) is 76.1 cm³/mol. The van der Waals surface area contributed by atoms with Gasteiger partial charge in [0.2, 0.25) is 0 Å². The smallest absolute Gasteiger partial charge is 0.252 e. The lowest BCUT2D eigenvalue weighted by molar-refractivity contribution is 0.0954. The Kier molecular flexibility index (Phi) is 4.53. The molecule has 1 heterocycles. The summed E-state index contributed by atoms with van der Waals surface area (Å²) in [7, 11) is 0. The number of rotatable bonds is 4. The normalized spacial score (nSPS) is 10.3. The van der Waals surface area contributed by atoms with E-state index < -0.39 is 0 Å². The molecule has 1 aromatic carbocycles. The topological polar surface area (TPSA) is 68.0 Å². The number of halogens is 2. The summed E-state index contributed by atoms with van der Waals surface area (Å²) >= 11 is 5.80. The van der Waals surface area contributed by atoms with Gasteiger partial charge in [0.15, 0.2) is 0 Å². The number of anilines is 1. The van der Waals surface area contributed by atoms with Crippen molar-refractivity contribution in [3.8, 4) is 0 Å². The Morgan fingerprint density at radius 2 is 2.20 bits per heavy atom. The van der Waals surface area contributed by atoms with Crippen LogP contribution < -0.4 is 11.1 Å². The Balaban J connectivity index is 1.90. The number of nitrogens with two attached hydrogens (primary N) is 1. The summed E-state index contributed by atoms with van der Waals surface area (Å²) in [6.45, 7) is 0.393. The first-order chi connectivity index (χ1) is 9.56. The van der Waals surface area contributed by atoms with Crippen LogP contribution in [0, 0.1) is 5.82 Å². The van der Waals surface area contributed by atoms with Crippen LogP contribution in [-0.4, -0.2) is 17.4 Å². The SMILES string of the molecule is Nc1ncc(C(=O)NCCc2cccc(F)c2)cc1Cl. The van der Waals surface area contributed by atoms with E-state index in [9.17, 15) is 9.18 Å². The number of hydrogen-bond donors (Lipinski definition) is 2. The van der Waals surface area contributed by atoms with E-state index in [2.05, 4.69) is 10.3 Å². The van der Waals surface area contributed by atoms with Gasteiger partial charge in [0.1, 0.15) is 11.6 Å². The molecule has 1 amide bonds. The molecule has 20 heavy (non-hydrogen) atoms. The minimum atomic E-state index is -0.296. The third kappa shape index (κ3) is 3.68. The summed E-state index contributed by atoms with van der Waals surface area (Å²) in [4.78, 5) is 15.7. The lowest BCUT2D eigenvalue weighted by atomic mass is 10.1. The number of hydrogen-bond acceptors (Lipinski definition) is 3. The van der Waals surface area contributed by atoms with E-state index in [1.54, 1.807) is 12.1 Å². The second-order valence-corrected chi connectivity index (χ2v) is 4.63. The number of carbonyl (C=O) groups is 1. The molecule has 0 radical (unpaired) electrons. The first-order valence-electron chi connectivity index (χ1n) is 6.00. The molecule has 2 rings (SSSR count). The summed E-state index contributed by atoms with van der Waals surface area (Å²) in [5.74, 6) is -0.401. The fourth-order valence-corrected chi connectivity index (χ4v) is 1.85. The van der Waals surface area contributed by atoms with Gasteiger partial charge < -0.3 is 11.1 Å². The highest BCUT2D eigenvalue weighted by atomic mass is 35.5. The number of amides is 1. The molecule has 0 saturated heterocycles. The number of pyridine rings is 1. The van der Waals surface area contributed by atoms with Crippen LogP contribution in [-0.2, 0) is 6.42 Å². The second kappa shape index (κ2) is 6.34. The van der Waals surface area contributed by atoms with Crippen LogP contribution in [0.1, 0.15) is 15.9 Å². The van der Waals surface area contributed by atoms with Crippen molar-refractivity contribution in [2.75, 3.05) is 12.3 Å². The van der Waals surface area contributed by atoms with Crippen LogP contribution in [0.4, 0.5) is 10.2 Å². The molecule has 3 N–H and O–H groups in total. The van der Waals surface area contributed by atoms with E-state index in [0.717, 1.165) is 5.56 Å². The van der Waals surface area contributed by atoms with Crippen molar-refractivity contribution in [3.05, 3.63) is 58.5 Å². The van der Waals surface area contributed by atoms with Gasteiger partial charge in [-0.2, -0.15) is 0 Å². The van der Waals surface area contributed by atoms with Gasteiger partial charge in [0.05, 0.1) is 10.6 Å². The van der Waals surface area contributed by atoms with Crippen LogP contribution >= 0.6 is 11.6 Å². The number of benzene rings is 1. The van der Waals surface area contributed by atoms with E-state index in [1.807, 2.05) is 0 Å². The van der Waals surface area contributed by atoms with E-state index in [-0.39, 0.29) is 22.6 Å². The standard InChI is InChI=1S/C14H13ClFN3O/c15-12-7-10(8-19-13(12)17)14(20)18-5-4-9-2-1-3-11(16)6-9/h1-3,6-8H,4-5H2,(H2,17,19)(H,18,20). The molecule has 0 aliphatic rings. The molecule has 2 aromatic rings. The number of nitrogens with one attached hydrogen (secondary N) is 1. The van der Waals surface area contributed by atoms with E-state index >= 15 is 0 Å². The van der Waals surface area contributed by atoms with E-state index in [0.29, 0.717) is 18.5 Å².